The average Bonchev–Trinajstić information content (AvgIpc) is 2.59. The zero-order valence-electron chi connectivity index (χ0n) is 15.2. The fraction of sp³-hybridized carbons (Fsp3) is 0.450. The highest BCUT2D eigenvalue weighted by Crippen LogP contribution is 2.36. The van der Waals surface area contributed by atoms with Crippen molar-refractivity contribution in [1.82, 2.24) is 4.98 Å². The summed E-state index contributed by atoms with van der Waals surface area (Å²) in [6.45, 7) is 1.85. The molecule has 2 nitrogen and oxygen atoms in total. The van der Waals surface area contributed by atoms with Crippen molar-refractivity contribution in [3.8, 4) is 11.3 Å². The molecule has 28 heavy (non-hydrogen) atoms. The first-order valence-corrected chi connectivity index (χ1v) is 8.87. The second kappa shape index (κ2) is 8.94. The van der Waals surface area contributed by atoms with Crippen LogP contribution in [0.1, 0.15) is 55.0 Å². The predicted octanol–water partition coefficient (Wildman–Crippen LogP) is 6.62. The van der Waals surface area contributed by atoms with Crippen LogP contribution in [-0.4, -0.2) is 16.3 Å². The molecule has 2 rings (SSSR count). The molecule has 2 aromatic rings. The van der Waals surface area contributed by atoms with Gasteiger partial charge in [0, 0.05) is 17.5 Å². The molecule has 0 aliphatic carbocycles. The van der Waals surface area contributed by atoms with Crippen LogP contribution in [0.25, 0.3) is 11.3 Å². The van der Waals surface area contributed by atoms with Gasteiger partial charge < -0.3 is 5.11 Å². The van der Waals surface area contributed by atoms with Crippen molar-refractivity contribution in [3.05, 3.63) is 53.2 Å². The van der Waals surface area contributed by atoms with Crippen molar-refractivity contribution >= 4 is 0 Å². The first-order chi connectivity index (χ1) is 13.0. The third kappa shape index (κ3) is 6.51. The van der Waals surface area contributed by atoms with Crippen molar-refractivity contribution in [2.45, 2.75) is 57.5 Å². The van der Waals surface area contributed by atoms with E-state index in [9.17, 15) is 31.4 Å². The number of halogens is 6. The number of unbranched alkanes of at least 4 members (excludes halogenated alkanes) is 2. The normalized spacial score (nSPS) is 13.6. The number of rotatable bonds is 7. The maximum Gasteiger partial charge on any atom is 0.433 e. The number of hydrogen-bond acceptors (Lipinski definition) is 2. The second-order valence-corrected chi connectivity index (χ2v) is 6.73. The maximum absolute atomic E-state index is 13.4. The van der Waals surface area contributed by atoms with Gasteiger partial charge >= 0.3 is 12.4 Å². The lowest BCUT2D eigenvalue weighted by Crippen LogP contribution is -2.15. The Morgan fingerprint density at radius 1 is 0.893 bits per heavy atom. The van der Waals surface area contributed by atoms with Crippen molar-refractivity contribution in [1.29, 1.82) is 0 Å². The number of benzene rings is 1. The van der Waals surface area contributed by atoms with Crippen molar-refractivity contribution in [2.75, 3.05) is 0 Å². The zero-order valence-corrected chi connectivity index (χ0v) is 15.2. The van der Waals surface area contributed by atoms with E-state index in [0.29, 0.717) is 5.56 Å². The van der Waals surface area contributed by atoms with E-state index in [1.807, 2.05) is 6.92 Å². The fourth-order valence-corrected chi connectivity index (χ4v) is 2.85. The molecule has 0 fully saturated rings. The molecule has 0 saturated carbocycles. The third-order valence-corrected chi connectivity index (χ3v) is 4.34. The first-order valence-electron chi connectivity index (χ1n) is 8.87. The van der Waals surface area contributed by atoms with Gasteiger partial charge in [-0.05, 0) is 25.8 Å². The minimum atomic E-state index is -4.76. The highest BCUT2D eigenvalue weighted by molar-refractivity contribution is 5.60. The molecule has 1 atom stereocenters. The van der Waals surface area contributed by atoms with Gasteiger partial charge in [-0.1, -0.05) is 48.7 Å². The molecule has 1 aromatic carbocycles. The summed E-state index contributed by atoms with van der Waals surface area (Å²) < 4.78 is 76.7. The molecule has 0 saturated heterocycles. The zero-order chi connectivity index (χ0) is 20.9. The van der Waals surface area contributed by atoms with Gasteiger partial charge in [0.1, 0.15) is 0 Å². The number of alkyl halides is 6. The maximum atomic E-state index is 13.4. The van der Waals surface area contributed by atoms with E-state index >= 15 is 0 Å². The summed E-state index contributed by atoms with van der Waals surface area (Å²) in [4.78, 5) is 3.71. The van der Waals surface area contributed by atoms with Crippen LogP contribution in [0.15, 0.2) is 36.4 Å². The Balaban J connectivity index is 2.13. The molecule has 1 heterocycles. The summed E-state index contributed by atoms with van der Waals surface area (Å²) in [5, 5.41) is 10.2. The van der Waals surface area contributed by atoms with E-state index in [1.54, 1.807) is 24.3 Å². The molecule has 8 heteroatoms. The van der Waals surface area contributed by atoms with E-state index in [0.717, 1.165) is 5.56 Å². The van der Waals surface area contributed by atoms with Crippen LogP contribution in [0, 0.1) is 6.92 Å². The number of aliphatic hydroxyl groups excluding tert-OH is 1. The second-order valence-electron chi connectivity index (χ2n) is 6.73. The van der Waals surface area contributed by atoms with Gasteiger partial charge in [-0.3, -0.25) is 0 Å². The van der Waals surface area contributed by atoms with Gasteiger partial charge in [-0.2, -0.15) is 26.3 Å². The predicted molar refractivity (Wildman–Crippen MR) is 93.5 cm³/mol. The fourth-order valence-electron chi connectivity index (χ4n) is 2.85. The van der Waals surface area contributed by atoms with Crippen LogP contribution in [0.5, 0.6) is 0 Å². The lowest BCUT2D eigenvalue weighted by atomic mass is 9.99. The average molecular weight is 405 g/mol. The number of aryl methyl sites for hydroxylation is 1. The van der Waals surface area contributed by atoms with E-state index in [-0.39, 0.29) is 36.9 Å². The number of aromatic nitrogens is 1. The third-order valence-electron chi connectivity index (χ3n) is 4.34. The molecular weight excluding hydrogens is 384 g/mol. The van der Waals surface area contributed by atoms with Crippen LogP contribution in [0.2, 0.25) is 0 Å². The Labute approximate surface area is 159 Å². The van der Waals surface area contributed by atoms with Gasteiger partial charge in [0.15, 0.2) is 5.69 Å². The molecular formula is C20H21F6NO. The van der Waals surface area contributed by atoms with Crippen molar-refractivity contribution in [3.63, 3.8) is 0 Å². The van der Waals surface area contributed by atoms with E-state index in [2.05, 4.69) is 4.98 Å². The lowest BCUT2D eigenvalue weighted by molar-refractivity contribution is -0.143. The van der Waals surface area contributed by atoms with Crippen LogP contribution < -0.4 is 0 Å². The molecule has 0 spiro atoms. The summed E-state index contributed by atoms with van der Waals surface area (Å²) >= 11 is 0. The number of pyridine rings is 1. The molecule has 1 aromatic heterocycles. The van der Waals surface area contributed by atoms with Gasteiger partial charge in [0.25, 0.3) is 0 Å². The van der Waals surface area contributed by atoms with Gasteiger partial charge in [0.05, 0.1) is 11.8 Å². The topological polar surface area (TPSA) is 33.1 Å². The Hall–Kier alpha value is -2.09. The smallest absolute Gasteiger partial charge is 0.388 e. The van der Waals surface area contributed by atoms with Gasteiger partial charge in [0.2, 0.25) is 0 Å². The summed E-state index contributed by atoms with van der Waals surface area (Å²) in [5.41, 5.74) is 0.0719. The minimum Gasteiger partial charge on any atom is -0.388 e. The highest BCUT2D eigenvalue weighted by atomic mass is 19.4. The first kappa shape index (κ1) is 22.2. The summed E-state index contributed by atoms with van der Waals surface area (Å²) in [6.07, 6.45) is -11.2. The molecule has 1 N–H and O–H groups in total. The van der Waals surface area contributed by atoms with Gasteiger partial charge in [-0.15, -0.1) is 0 Å². The van der Waals surface area contributed by atoms with Crippen LogP contribution >= 0.6 is 0 Å². The van der Waals surface area contributed by atoms with Crippen LogP contribution in [0.4, 0.5) is 26.3 Å². The molecule has 0 radical (unpaired) electrons. The number of hydrogen-bond donors (Lipinski definition) is 1. The Kier molecular flexibility index (Phi) is 7.09. The highest BCUT2D eigenvalue weighted by Gasteiger charge is 2.37. The monoisotopic (exact) mass is 405 g/mol. The van der Waals surface area contributed by atoms with Crippen LogP contribution in [-0.2, 0) is 6.18 Å². The molecule has 0 bridgehead atoms. The number of nitrogens with zero attached hydrogens (tertiary/aromatic N) is 1. The summed E-state index contributed by atoms with van der Waals surface area (Å²) in [5.74, 6) is 0. The number of aliphatic hydroxyl groups is 1. The quantitative estimate of drug-likeness (QED) is 0.415. The standard InChI is InChI=1S/C20H21F6NO/c1-13-6-8-14(9-7-13)16-11-10-15(18(27-16)20(24,25)26)17(28)5-3-2-4-12-19(21,22)23/h6-11,17,28H,2-5,12H2,1H3/t17-/m1/s1. The largest absolute Gasteiger partial charge is 0.433 e. The molecule has 0 aliphatic heterocycles. The van der Waals surface area contributed by atoms with E-state index in [4.69, 9.17) is 0 Å². The molecule has 0 unspecified atom stereocenters. The van der Waals surface area contributed by atoms with Crippen LogP contribution in [0.3, 0.4) is 0 Å². The Morgan fingerprint density at radius 2 is 1.54 bits per heavy atom. The Morgan fingerprint density at radius 3 is 2.11 bits per heavy atom. The van der Waals surface area contributed by atoms with Crippen molar-refractivity contribution in [2.24, 2.45) is 0 Å². The molecule has 0 amide bonds. The van der Waals surface area contributed by atoms with E-state index in [1.165, 1.54) is 12.1 Å². The minimum absolute atomic E-state index is 0.0630. The SMILES string of the molecule is Cc1ccc(-c2ccc([C@H](O)CCCCCC(F)(F)F)c(C(F)(F)F)n2)cc1. The molecule has 0 aliphatic rings. The summed E-state index contributed by atoms with van der Waals surface area (Å²) in [6, 6.07) is 9.43. The Bertz CT molecular complexity index is 768. The summed E-state index contributed by atoms with van der Waals surface area (Å²) in [7, 11) is 0. The lowest BCUT2D eigenvalue weighted by Gasteiger charge is -2.18. The molecule has 154 valence electrons. The van der Waals surface area contributed by atoms with Gasteiger partial charge in [-0.25, -0.2) is 4.98 Å². The van der Waals surface area contributed by atoms with Crippen molar-refractivity contribution < 1.29 is 31.4 Å². The van der Waals surface area contributed by atoms with E-state index < -0.39 is 30.6 Å².